The van der Waals surface area contributed by atoms with Gasteiger partial charge in [-0.3, -0.25) is 9.59 Å². The molecule has 0 aliphatic carbocycles. The van der Waals surface area contributed by atoms with Gasteiger partial charge in [-0.15, -0.1) is 0 Å². The largest absolute Gasteiger partial charge is 0.354 e. The Hall–Kier alpha value is -5.62. The van der Waals surface area contributed by atoms with E-state index < -0.39 is 0 Å². The van der Waals surface area contributed by atoms with E-state index in [1.54, 1.807) is 0 Å². The van der Waals surface area contributed by atoms with Crippen LogP contribution in [-0.4, -0.2) is 32.5 Å². The van der Waals surface area contributed by atoms with Gasteiger partial charge < -0.3 is 9.97 Å². The second-order valence-electron chi connectivity index (χ2n) is 17.8. The fraction of sp³-hybridized carbons (Fsp3) is 0.393. The maximum atomic E-state index is 12.4. The summed E-state index contributed by atoms with van der Waals surface area (Å²) in [4.78, 5) is 44.3. The van der Waals surface area contributed by atoms with Crippen LogP contribution in [0.15, 0.2) is 48.5 Å². The zero-order chi connectivity index (χ0) is 44.2. The minimum absolute atomic E-state index is 0.648. The van der Waals surface area contributed by atoms with Gasteiger partial charge in [-0.1, -0.05) is 77.6 Å². The molecule has 0 spiro atoms. The monoisotopic (exact) mass is 827 g/mol. The summed E-state index contributed by atoms with van der Waals surface area (Å²) in [5.41, 5.74) is 25.6. The van der Waals surface area contributed by atoms with Crippen molar-refractivity contribution in [2.75, 3.05) is 0 Å². The van der Waals surface area contributed by atoms with Crippen LogP contribution < -0.4 is 0 Å². The van der Waals surface area contributed by atoms with Crippen LogP contribution >= 0.6 is 0 Å². The van der Waals surface area contributed by atoms with Crippen molar-refractivity contribution in [2.45, 2.75) is 146 Å². The van der Waals surface area contributed by atoms with Crippen LogP contribution in [0.1, 0.15) is 183 Å². The zero-order valence-corrected chi connectivity index (χ0v) is 39.0. The molecule has 2 aliphatic rings. The number of nitrogens with one attached hydrogen (secondary N) is 2. The summed E-state index contributed by atoms with van der Waals surface area (Å²) < 4.78 is 0. The SMILES string of the molecule is CCCCC1=C(C)c2nc1cc1[nH]c(c(C)c1CCCC)c(-c1cc(C=O)ccc1C)c1nc(cc3[nH]c(c(C)c3CCCC)c2-c2cc(C=O)ccc2C)C(CCCC)=C1C. The molecule has 0 fully saturated rings. The van der Waals surface area contributed by atoms with Crippen LogP contribution in [0.4, 0.5) is 0 Å². The number of carbonyl (C=O) groups excluding carboxylic acids is 2. The van der Waals surface area contributed by atoms with Crippen molar-refractivity contribution in [1.29, 1.82) is 0 Å². The Bertz CT molecular complexity index is 2600. The van der Waals surface area contributed by atoms with Crippen molar-refractivity contribution < 1.29 is 9.59 Å². The summed E-state index contributed by atoms with van der Waals surface area (Å²) in [7, 11) is 0. The van der Waals surface area contributed by atoms with E-state index in [0.29, 0.717) is 11.1 Å². The van der Waals surface area contributed by atoms with Crippen LogP contribution in [0.2, 0.25) is 0 Å². The first-order valence-electron chi connectivity index (χ1n) is 23.3. The van der Waals surface area contributed by atoms with Gasteiger partial charge in [0, 0.05) is 33.3 Å². The van der Waals surface area contributed by atoms with E-state index in [4.69, 9.17) is 9.97 Å². The van der Waals surface area contributed by atoms with Gasteiger partial charge >= 0.3 is 0 Å². The Labute approximate surface area is 369 Å². The Morgan fingerprint density at radius 1 is 0.500 bits per heavy atom. The first-order valence-corrected chi connectivity index (χ1v) is 23.3. The highest BCUT2D eigenvalue weighted by molar-refractivity contribution is 6.04. The van der Waals surface area contributed by atoms with Crippen LogP contribution in [0, 0.1) is 27.7 Å². The van der Waals surface area contributed by atoms with Gasteiger partial charge in [0.05, 0.1) is 33.8 Å². The molecule has 0 saturated heterocycles. The number of aryl methyl sites for hydroxylation is 6. The van der Waals surface area contributed by atoms with Crippen LogP contribution in [-0.2, 0) is 12.8 Å². The average Bonchev–Trinajstić information content (AvgIpc) is 3.95. The number of aromatic amines is 2. The number of aldehydes is 2. The quantitative estimate of drug-likeness (QED) is 0.0969. The summed E-state index contributed by atoms with van der Waals surface area (Å²) in [6.07, 6.45) is 14.1. The van der Waals surface area contributed by atoms with Crippen molar-refractivity contribution in [3.63, 3.8) is 0 Å². The third-order valence-electron chi connectivity index (χ3n) is 13.5. The highest BCUT2D eigenvalue weighted by atomic mass is 16.1. The van der Waals surface area contributed by atoms with Crippen LogP contribution in [0.25, 0.3) is 66.6 Å². The lowest BCUT2D eigenvalue weighted by Crippen LogP contribution is -1.94. The number of hydrogen-bond acceptors (Lipinski definition) is 4. The molecule has 5 aromatic rings. The molecule has 0 radical (unpaired) electrons. The molecule has 322 valence electrons. The van der Waals surface area contributed by atoms with E-state index in [9.17, 15) is 9.59 Å². The third-order valence-corrected chi connectivity index (χ3v) is 13.5. The van der Waals surface area contributed by atoms with Gasteiger partial charge in [-0.05, 0) is 184 Å². The summed E-state index contributed by atoms with van der Waals surface area (Å²) in [5.74, 6) is 0. The molecule has 2 aromatic carbocycles. The van der Waals surface area contributed by atoms with Gasteiger partial charge in [0.1, 0.15) is 12.6 Å². The van der Waals surface area contributed by atoms with E-state index in [0.717, 1.165) is 168 Å². The zero-order valence-electron chi connectivity index (χ0n) is 39.0. The molecule has 2 N–H and O–H groups in total. The molecular weight excluding hydrogens is 761 g/mol. The Kier molecular flexibility index (Phi) is 13.8. The number of H-pyrrole nitrogens is 2. The van der Waals surface area contributed by atoms with E-state index in [-0.39, 0.29) is 0 Å². The maximum Gasteiger partial charge on any atom is 0.150 e. The first kappa shape index (κ1) is 44.4. The molecule has 0 amide bonds. The topological polar surface area (TPSA) is 91.5 Å². The van der Waals surface area contributed by atoms with Crippen molar-refractivity contribution in [1.82, 2.24) is 19.9 Å². The van der Waals surface area contributed by atoms with Gasteiger partial charge in [-0.2, -0.15) is 0 Å². The summed E-state index contributed by atoms with van der Waals surface area (Å²) in [6, 6.07) is 16.7. The predicted octanol–water partition coefficient (Wildman–Crippen LogP) is 15.4. The van der Waals surface area contributed by atoms with Crippen LogP contribution in [0.3, 0.4) is 0 Å². The Balaban J connectivity index is 1.80. The van der Waals surface area contributed by atoms with Crippen molar-refractivity contribution in [2.24, 2.45) is 0 Å². The lowest BCUT2D eigenvalue weighted by atomic mass is 9.91. The van der Waals surface area contributed by atoms with E-state index in [1.807, 2.05) is 24.3 Å². The molecule has 6 nitrogen and oxygen atoms in total. The number of nitrogens with zero attached hydrogens (tertiary/aromatic N) is 2. The molecule has 5 heterocycles. The minimum atomic E-state index is 0.648. The molecule has 6 heteroatoms. The smallest absolute Gasteiger partial charge is 0.150 e. The molecule has 0 saturated carbocycles. The minimum Gasteiger partial charge on any atom is -0.354 e. The lowest BCUT2D eigenvalue weighted by molar-refractivity contribution is 0.111. The second kappa shape index (κ2) is 19.2. The molecule has 8 bridgehead atoms. The Morgan fingerprint density at radius 2 is 0.871 bits per heavy atom. The first-order chi connectivity index (χ1) is 30.0. The van der Waals surface area contributed by atoms with E-state index >= 15 is 0 Å². The predicted molar refractivity (Wildman–Crippen MR) is 263 cm³/mol. The van der Waals surface area contributed by atoms with Crippen molar-refractivity contribution in [3.05, 3.63) is 116 Å². The maximum absolute atomic E-state index is 12.4. The normalized spacial score (nSPS) is 12.8. The lowest BCUT2D eigenvalue weighted by Gasteiger charge is -2.12. The highest BCUT2D eigenvalue weighted by Gasteiger charge is 2.27. The Morgan fingerprint density at radius 3 is 1.23 bits per heavy atom. The van der Waals surface area contributed by atoms with Gasteiger partial charge in [0.2, 0.25) is 0 Å². The number of allylic oxidation sites excluding steroid dienone is 4. The second-order valence-corrected chi connectivity index (χ2v) is 17.8. The number of rotatable bonds is 16. The molecule has 62 heavy (non-hydrogen) atoms. The highest BCUT2D eigenvalue weighted by Crippen LogP contribution is 2.45. The molecule has 3 aromatic heterocycles. The number of aromatic nitrogens is 4. The standard InChI is InChI=1S/C56H66N4O2/c1-11-15-19-41-35(7)53-51(45-27-39(31-61)25-23-33(45)5)54-37(9)43(21-17-13-3)49(59-54)30-50-44(22-18-14-4)38(10)56(60-50)52(46-28-40(32-62)26-24-34(46)6)55-36(8)42(20-16-12-2)48(58-55)29-47(41)57-53/h23-32,57,60H,11-22H2,1-10H3. The van der Waals surface area contributed by atoms with Gasteiger partial charge in [0.15, 0.2) is 0 Å². The summed E-state index contributed by atoms with van der Waals surface area (Å²) in [5, 5.41) is 0. The van der Waals surface area contributed by atoms with Crippen molar-refractivity contribution in [3.8, 4) is 22.3 Å². The van der Waals surface area contributed by atoms with Crippen LogP contribution in [0.5, 0.6) is 0 Å². The molecule has 0 atom stereocenters. The molecule has 0 unspecified atom stereocenters. The third kappa shape index (κ3) is 8.33. The molecule has 7 rings (SSSR count). The van der Waals surface area contributed by atoms with Gasteiger partial charge in [0.25, 0.3) is 0 Å². The average molecular weight is 827 g/mol. The van der Waals surface area contributed by atoms with Crippen molar-refractivity contribution >= 4 is 56.9 Å². The number of fused-ring (bicyclic) bond motifs is 8. The van der Waals surface area contributed by atoms with Gasteiger partial charge in [-0.25, -0.2) is 9.97 Å². The fourth-order valence-corrected chi connectivity index (χ4v) is 9.69. The number of benzene rings is 2. The number of hydrogen-bond donors (Lipinski definition) is 2. The molecule has 2 aliphatic heterocycles. The number of unbranched alkanes of at least 4 members (excludes halogenated alkanes) is 4. The summed E-state index contributed by atoms with van der Waals surface area (Å²) in [6.45, 7) is 22.3. The number of carbonyl (C=O) groups is 2. The molecular formula is C56H66N4O2. The van der Waals surface area contributed by atoms with E-state index in [1.165, 1.54) is 44.5 Å². The van der Waals surface area contributed by atoms with E-state index in [2.05, 4.69) is 103 Å². The fourth-order valence-electron chi connectivity index (χ4n) is 9.69. The summed E-state index contributed by atoms with van der Waals surface area (Å²) >= 11 is 0.